The molecule has 1 N–H and O–H groups in total. The summed E-state index contributed by atoms with van der Waals surface area (Å²) in [5.74, 6) is 0.295. The van der Waals surface area contributed by atoms with Gasteiger partial charge in [0.05, 0.1) is 0 Å². The van der Waals surface area contributed by atoms with E-state index in [1.807, 2.05) is 24.4 Å². The van der Waals surface area contributed by atoms with Crippen molar-refractivity contribution in [1.82, 2.24) is 9.22 Å². The number of hydrogen-bond acceptors (Lipinski definition) is 2. The molecule has 4 heteroatoms. The van der Waals surface area contributed by atoms with Gasteiger partial charge in [0.2, 0.25) is 0 Å². The van der Waals surface area contributed by atoms with E-state index in [0.29, 0.717) is 22.4 Å². The van der Waals surface area contributed by atoms with Gasteiger partial charge >= 0.3 is 0 Å². The van der Waals surface area contributed by atoms with E-state index in [1.54, 1.807) is 6.07 Å². The second-order valence-corrected chi connectivity index (χ2v) is 13.9. The van der Waals surface area contributed by atoms with Crippen LogP contribution >= 0.6 is 0 Å². The first-order valence-corrected chi connectivity index (χ1v) is 11.7. The number of aromatic nitrogens is 2. The van der Waals surface area contributed by atoms with Crippen molar-refractivity contribution in [1.29, 1.82) is 0 Å². The van der Waals surface area contributed by atoms with Crippen LogP contribution in [0.15, 0.2) is 48.8 Å². The molecule has 3 aromatic rings. The highest BCUT2D eigenvalue weighted by molar-refractivity contribution is 6.82. The van der Waals surface area contributed by atoms with E-state index in [9.17, 15) is 5.11 Å². The maximum atomic E-state index is 10.2. The molecule has 0 bridgehead atoms. The molecule has 0 atom stereocenters. The lowest BCUT2D eigenvalue weighted by Crippen LogP contribution is -2.51. The van der Waals surface area contributed by atoms with Gasteiger partial charge in [-0.05, 0) is 41.0 Å². The van der Waals surface area contributed by atoms with Crippen molar-refractivity contribution in [2.24, 2.45) is 0 Å². The highest BCUT2D eigenvalue weighted by Gasteiger charge is 2.45. The second kappa shape index (κ2) is 6.91. The molecule has 0 amide bonds. The van der Waals surface area contributed by atoms with Gasteiger partial charge in [0, 0.05) is 22.7 Å². The Morgan fingerprint density at radius 1 is 0.923 bits per heavy atom. The molecule has 0 aliphatic heterocycles. The summed E-state index contributed by atoms with van der Waals surface area (Å²) in [7, 11) is -1.82. The van der Waals surface area contributed by atoms with E-state index in [1.165, 1.54) is 0 Å². The Morgan fingerprint density at radius 2 is 1.54 bits per heavy atom. The van der Waals surface area contributed by atoms with Gasteiger partial charge in [0.1, 0.15) is 11.4 Å². The van der Waals surface area contributed by atoms with Crippen LogP contribution in [0.2, 0.25) is 16.6 Å². The summed E-state index contributed by atoms with van der Waals surface area (Å²) >= 11 is 0. The van der Waals surface area contributed by atoms with Gasteiger partial charge < -0.3 is 9.34 Å². The van der Waals surface area contributed by atoms with Crippen LogP contribution in [0.4, 0.5) is 0 Å². The van der Waals surface area contributed by atoms with E-state index in [4.69, 9.17) is 4.98 Å². The maximum absolute atomic E-state index is 10.2. The standard InChI is InChI=1S/C22H30N2OSi/c1-15(2)26(16(3)4,17(5)6)24-12-11-18-13-19(14-23-22(18)24)20-9-7-8-10-21(20)25/h7-17,25H,1-6H3. The number of rotatable bonds is 5. The SMILES string of the molecule is CC(C)[Si](C(C)C)(C(C)C)n1ccc2cc(-c3ccccc3O)cnc21. The first kappa shape index (κ1) is 18.7. The monoisotopic (exact) mass is 366 g/mol. The first-order chi connectivity index (χ1) is 12.3. The van der Waals surface area contributed by atoms with Crippen LogP contribution < -0.4 is 0 Å². The average molecular weight is 367 g/mol. The summed E-state index contributed by atoms with van der Waals surface area (Å²) in [4.78, 5) is 4.86. The summed E-state index contributed by atoms with van der Waals surface area (Å²) in [5.41, 5.74) is 4.73. The van der Waals surface area contributed by atoms with Gasteiger partial charge in [-0.25, -0.2) is 4.98 Å². The lowest BCUT2D eigenvalue weighted by molar-refractivity contribution is 0.477. The fourth-order valence-electron chi connectivity index (χ4n) is 5.04. The predicted molar refractivity (Wildman–Crippen MR) is 113 cm³/mol. The molecule has 26 heavy (non-hydrogen) atoms. The zero-order chi connectivity index (χ0) is 19.1. The minimum absolute atomic E-state index is 0.295. The van der Waals surface area contributed by atoms with E-state index >= 15 is 0 Å². The predicted octanol–water partition coefficient (Wildman–Crippen LogP) is 6.43. The second-order valence-electron chi connectivity index (χ2n) is 8.19. The Hall–Kier alpha value is -2.07. The summed E-state index contributed by atoms with van der Waals surface area (Å²) < 4.78 is 2.52. The molecular formula is C22H30N2OSi. The molecule has 3 nitrogen and oxygen atoms in total. The Morgan fingerprint density at radius 3 is 2.12 bits per heavy atom. The normalized spacial score (nSPS) is 12.7. The number of para-hydroxylation sites is 1. The van der Waals surface area contributed by atoms with Gasteiger partial charge in [-0.3, -0.25) is 0 Å². The Balaban J connectivity index is 2.20. The molecule has 2 heterocycles. The highest BCUT2D eigenvalue weighted by Crippen LogP contribution is 2.44. The van der Waals surface area contributed by atoms with E-state index in [0.717, 1.165) is 22.2 Å². The molecule has 138 valence electrons. The van der Waals surface area contributed by atoms with Crippen LogP contribution in [0, 0.1) is 0 Å². The molecule has 3 rings (SSSR count). The summed E-state index contributed by atoms with van der Waals surface area (Å²) in [5, 5.41) is 11.3. The van der Waals surface area contributed by atoms with Crippen molar-refractivity contribution in [2.75, 3.05) is 0 Å². The first-order valence-electron chi connectivity index (χ1n) is 9.56. The zero-order valence-corrected chi connectivity index (χ0v) is 17.7. The van der Waals surface area contributed by atoms with Crippen LogP contribution in [0.5, 0.6) is 5.75 Å². The number of nitrogens with zero attached hydrogens (tertiary/aromatic N) is 2. The van der Waals surface area contributed by atoms with E-state index < -0.39 is 8.24 Å². The van der Waals surface area contributed by atoms with Crippen LogP contribution in [0.3, 0.4) is 0 Å². The van der Waals surface area contributed by atoms with Crippen molar-refractivity contribution in [3.05, 3.63) is 48.8 Å². The van der Waals surface area contributed by atoms with Crippen molar-refractivity contribution in [2.45, 2.75) is 58.2 Å². The summed E-state index contributed by atoms with van der Waals surface area (Å²) in [6.07, 6.45) is 4.15. The number of fused-ring (bicyclic) bond motifs is 1. The smallest absolute Gasteiger partial charge is 0.171 e. The molecule has 0 aliphatic rings. The van der Waals surface area contributed by atoms with Crippen LogP contribution in [-0.4, -0.2) is 22.6 Å². The number of hydrogen-bond donors (Lipinski definition) is 1. The molecule has 2 aromatic heterocycles. The van der Waals surface area contributed by atoms with Crippen molar-refractivity contribution in [3.63, 3.8) is 0 Å². The van der Waals surface area contributed by atoms with Gasteiger partial charge in [-0.2, -0.15) is 0 Å². The van der Waals surface area contributed by atoms with Gasteiger partial charge in [-0.15, -0.1) is 0 Å². The Bertz CT molecular complexity index is 890. The minimum atomic E-state index is -1.82. The number of phenols is 1. The summed E-state index contributed by atoms with van der Waals surface area (Å²) in [6, 6.07) is 11.8. The topological polar surface area (TPSA) is 38.0 Å². The molecular weight excluding hydrogens is 336 g/mol. The molecule has 0 aliphatic carbocycles. The van der Waals surface area contributed by atoms with Crippen LogP contribution in [-0.2, 0) is 0 Å². The number of phenolic OH excluding ortho intramolecular Hbond substituents is 1. The van der Waals surface area contributed by atoms with Crippen molar-refractivity contribution < 1.29 is 5.11 Å². The van der Waals surface area contributed by atoms with Crippen LogP contribution in [0.25, 0.3) is 22.2 Å². The number of aromatic hydroxyl groups is 1. The molecule has 0 fully saturated rings. The van der Waals surface area contributed by atoms with Gasteiger partial charge in [-0.1, -0.05) is 59.7 Å². The summed E-state index contributed by atoms with van der Waals surface area (Å²) in [6.45, 7) is 14.2. The lowest BCUT2D eigenvalue weighted by Gasteiger charge is -2.44. The molecule has 0 saturated carbocycles. The van der Waals surface area contributed by atoms with E-state index in [-0.39, 0.29) is 0 Å². The zero-order valence-electron chi connectivity index (χ0n) is 16.7. The quantitative estimate of drug-likeness (QED) is 0.528. The molecule has 0 unspecified atom stereocenters. The Kier molecular flexibility index (Phi) is 4.98. The Labute approximate surface area is 157 Å². The van der Waals surface area contributed by atoms with Crippen molar-refractivity contribution >= 4 is 19.3 Å². The molecule has 0 radical (unpaired) electrons. The maximum Gasteiger partial charge on any atom is 0.171 e. The largest absolute Gasteiger partial charge is 0.507 e. The van der Waals surface area contributed by atoms with Crippen molar-refractivity contribution in [3.8, 4) is 16.9 Å². The minimum Gasteiger partial charge on any atom is -0.507 e. The van der Waals surface area contributed by atoms with Crippen LogP contribution in [0.1, 0.15) is 41.5 Å². The third-order valence-corrected chi connectivity index (χ3v) is 12.7. The number of benzene rings is 1. The molecule has 0 spiro atoms. The fourth-order valence-corrected chi connectivity index (χ4v) is 11.6. The third kappa shape index (κ3) is 2.77. The molecule has 0 saturated heterocycles. The number of pyridine rings is 1. The van der Waals surface area contributed by atoms with E-state index in [2.05, 4.69) is 64.1 Å². The average Bonchev–Trinajstić information content (AvgIpc) is 2.98. The fraction of sp³-hybridized carbons (Fsp3) is 0.409. The highest BCUT2D eigenvalue weighted by atomic mass is 28.3. The van der Waals surface area contributed by atoms with Gasteiger partial charge in [0.15, 0.2) is 8.24 Å². The van der Waals surface area contributed by atoms with Gasteiger partial charge in [0.25, 0.3) is 0 Å². The molecule has 1 aromatic carbocycles. The third-order valence-electron chi connectivity index (χ3n) is 5.93. The lowest BCUT2D eigenvalue weighted by atomic mass is 10.1.